The number of benzene rings is 1. The predicted octanol–water partition coefficient (Wildman–Crippen LogP) is 1.57. The van der Waals surface area contributed by atoms with Crippen molar-refractivity contribution in [1.82, 2.24) is 5.32 Å². The predicted molar refractivity (Wildman–Crippen MR) is 78.4 cm³/mol. The van der Waals surface area contributed by atoms with E-state index in [1.54, 1.807) is 13.1 Å². The molecule has 1 aliphatic heterocycles. The number of anilines is 2. The maximum absolute atomic E-state index is 11.9. The van der Waals surface area contributed by atoms with E-state index >= 15 is 0 Å². The molecule has 0 atom stereocenters. The van der Waals surface area contributed by atoms with Crippen LogP contribution < -0.4 is 16.0 Å². The average Bonchev–Trinajstić information content (AvgIpc) is 2.66. The van der Waals surface area contributed by atoms with Crippen LogP contribution in [0.25, 0.3) is 0 Å². The average molecular weight is 265 g/mol. The third kappa shape index (κ3) is 2.90. The standard InChI is InChI=1S/C13H19N3OS/c1-15-13(17)11-4-3-10(14)9-12(11)16-5-2-7-18-8-6-16/h3-4,9H,2,5-8,14H2,1H3,(H,15,17). The van der Waals surface area contributed by atoms with Crippen molar-refractivity contribution in [3.05, 3.63) is 23.8 Å². The van der Waals surface area contributed by atoms with Crippen molar-refractivity contribution in [2.45, 2.75) is 6.42 Å². The van der Waals surface area contributed by atoms with Gasteiger partial charge in [0, 0.05) is 31.6 Å². The van der Waals surface area contributed by atoms with Gasteiger partial charge in [-0.1, -0.05) is 0 Å². The number of hydrogen-bond acceptors (Lipinski definition) is 4. The molecule has 0 spiro atoms. The first-order valence-corrected chi connectivity index (χ1v) is 7.32. The van der Waals surface area contributed by atoms with Crippen LogP contribution in [0.1, 0.15) is 16.8 Å². The zero-order valence-corrected chi connectivity index (χ0v) is 11.4. The number of nitrogens with zero attached hydrogens (tertiary/aromatic N) is 1. The highest BCUT2D eigenvalue weighted by Gasteiger charge is 2.17. The molecular weight excluding hydrogens is 246 g/mol. The lowest BCUT2D eigenvalue weighted by Gasteiger charge is -2.25. The number of nitrogens with one attached hydrogen (secondary N) is 1. The second-order valence-corrected chi connectivity index (χ2v) is 5.53. The number of nitrogen functional groups attached to an aromatic ring is 1. The first kappa shape index (κ1) is 13.1. The number of thioether (sulfide) groups is 1. The molecule has 0 aromatic heterocycles. The molecule has 3 N–H and O–H groups in total. The molecule has 0 bridgehead atoms. The van der Waals surface area contributed by atoms with E-state index in [0.717, 1.165) is 31.0 Å². The molecule has 1 aromatic rings. The number of amides is 1. The van der Waals surface area contributed by atoms with E-state index in [-0.39, 0.29) is 5.91 Å². The van der Waals surface area contributed by atoms with E-state index in [0.29, 0.717) is 11.3 Å². The molecule has 18 heavy (non-hydrogen) atoms. The van der Waals surface area contributed by atoms with Crippen molar-refractivity contribution in [2.24, 2.45) is 0 Å². The van der Waals surface area contributed by atoms with Gasteiger partial charge in [0.05, 0.1) is 11.3 Å². The minimum absolute atomic E-state index is 0.0538. The Morgan fingerprint density at radius 1 is 1.39 bits per heavy atom. The van der Waals surface area contributed by atoms with Gasteiger partial charge in [-0.3, -0.25) is 4.79 Å². The first-order chi connectivity index (χ1) is 8.72. The number of carbonyl (C=O) groups excluding carboxylic acids is 1. The van der Waals surface area contributed by atoms with E-state index in [4.69, 9.17) is 5.73 Å². The van der Waals surface area contributed by atoms with Gasteiger partial charge in [0.25, 0.3) is 5.91 Å². The molecule has 98 valence electrons. The molecule has 0 saturated carbocycles. The molecule has 1 heterocycles. The van der Waals surface area contributed by atoms with Gasteiger partial charge in [-0.15, -0.1) is 0 Å². The fraction of sp³-hybridized carbons (Fsp3) is 0.462. The third-order valence-corrected chi connectivity index (χ3v) is 4.11. The Morgan fingerprint density at radius 3 is 3.00 bits per heavy atom. The van der Waals surface area contributed by atoms with Crippen molar-refractivity contribution in [3.63, 3.8) is 0 Å². The van der Waals surface area contributed by atoms with Crippen LogP contribution in [0.15, 0.2) is 18.2 Å². The fourth-order valence-electron chi connectivity index (χ4n) is 2.12. The second kappa shape index (κ2) is 6.00. The maximum Gasteiger partial charge on any atom is 0.253 e. The lowest BCUT2D eigenvalue weighted by Crippen LogP contribution is -2.29. The summed E-state index contributed by atoms with van der Waals surface area (Å²) in [6.45, 7) is 1.96. The summed E-state index contributed by atoms with van der Waals surface area (Å²) in [4.78, 5) is 14.2. The summed E-state index contributed by atoms with van der Waals surface area (Å²) in [5.74, 6) is 2.23. The molecule has 1 amide bonds. The third-order valence-electron chi connectivity index (χ3n) is 3.06. The monoisotopic (exact) mass is 265 g/mol. The molecule has 1 fully saturated rings. The van der Waals surface area contributed by atoms with E-state index in [1.165, 1.54) is 5.75 Å². The lowest BCUT2D eigenvalue weighted by molar-refractivity contribution is 0.0963. The van der Waals surface area contributed by atoms with Crippen molar-refractivity contribution >= 4 is 29.0 Å². The molecular formula is C13H19N3OS. The van der Waals surface area contributed by atoms with Gasteiger partial charge in [-0.05, 0) is 30.4 Å². The molecule has 1 saturated heterocycles. The van der Waals surface area contributed by atoms with Crippen LogP contribution in [0.3, 0.4) is 0 Å². The highest BCUT2D eigenvalue weighted by Crippen LogP contribution is 2.26. The fourth-order valence-corrected chi connectivity index (χ4v) is 3.01. The van der Waals surface area contributed by atoms with Gasteiger partial charge in [0.15, 0.2) is 0 Å². The highest BCUT2D eigenvalue weighted by molar-refractivity contribution is 7.99. The summed E-state index contributed by atoms with van der Waals surface area (Å²) in [5, 5.41) is 2.68. The quantitative estimate of drug-likeness (QED) is 0.797. The summed E-state index contributed by atoms with van der Waals surface area (Å²) in [6, 6.07) is 5.49. The summed E-state index contributed by atoms with van der Waals surface area (Å²) >= 11 is 1.96. The lowest BCUT2D eigenvalue weighted by atomic mass is 10.1. The Balaban J connectivity index is 2.33. The Bertz CT molecular complexity index is 428. The summed E-state index contributed by atoms with van der Waals surface area (Å²) in [6.07, 6.45) is 1.15. The van der Waals surface area contributed by atoms with E-state index in [1.807, 2.05) is 23.9 Å². The van der Waals surface area contributed by atoms with E-state index < -0.39 is 0 Å². The zero-order chi connectivity index (χ0) is 13.0. The molecule has 0 radical (unpaired) electrons. The largest absolute Gasteiger partial charge is 0.399 e. The van der Waals surface area contributed by atoms with Crippen LogP contribution in [0.4, 0.5) is 11.4 Å². The van der Waals surface area contributed by atoms with Crippen LogP contribution in [0.2, 0.25) is 0 Å². The molecule has 0 aliphatic carbocycles. The van der Waals surface area contributed by atoms with Gasteiger partial charge in [-0.25, -0.2) is 0 Å². The first-order valence-electron chi connectivity index (χ1n) is 6.16. The molecule has 0 unspecified atom stereocenters. The minimum atomic E-state index is -0.0538. The van der Waals surface area contributed by atoms with Crippen molar-refractivity contribution in [1.29, 1.82) is 0 Å². The van der Waals surface area contributed by atoms with Crippen LogP contribution in [0.5, 0.6) is 0 Å². The number of hydrogen-bond donors (Lipinski definition) is 2. The Morgan fingerprint density at radius 2 is 2.22 bits per heavy atom. The van der Waals surface area contributed by atoms with Crippen LogP contribution in [-0.4, -0.2) is 37.6 Å². The summed E-state index contributed by atoms with van der Waals surface area (Å²) in [7, 11) is 1.65. The van der Waals surface area contributed by atoms with Gasteiger partial charge >= 0.3 is 0 Å². The molecule has 1 aromatic carbocycles. The molecule has 4 nitrogen and oxygen atoms in total. The highest BCUT2D eigenvalue weighted by atomic mass is 32.2. The second-order valence-electron chi connectivity index (χ2n) is 4.31. The van der Waals surface area contributed by atoms with Crippen molar-refractivity contribution < 1.29 is 4.79 Å². The smallest absolute Gasteiger partial charge is 0.253 e. The van der Waals surface area contributed by atoms with Gasteiger partial charge in [0.2, 0.25) is 0 Å². The Labute approximate surface area is 112 Å². The van der Waals surface area contributed by atoms with Crippen molar-refractivity contribution in [2.75, 3.05) is 42.3 Å². The Kier molecular flexibility index (Phi) is 4.36. The molecule has 2 rings (SSSR count). The van der Waals surface area contributed by atoms with Gasteiger partial charge in [-0.2, -0.15) is 11.8 Å². The van der Waals surface area contributed by atoms with E-state index in [2.05, 4.69) is 10.2 Å². The molecule has 5 heteroatoms. The van der Waals surface area contributed by atoms with Gasteiger partial charge in [0.1, 0.15) is 0 Å². The minimum Gasteiger partial charge on any atom is -0.399 e. The van der Waals surface area contributed by atoms with Crippen molar-refractivity contribution in [3.8, 4) is 0 Å². The van der Waals surface area contributed by atoms with Gasteiger partial charge < -0.3 is 16.0 Å². The summed E-state index contributed by atoms with van der Waals surface area (Å²) in [5.41, 5.74) is 8.22. The summed E-state index contributed by atoms with van der Waals surface area (Å²) < 4.78 is 0. The zero-order valence-electron chi connectivity index (χ0n) is 10.6. The van der Waals surface area contributed by atoms with Crippen LogP contribution in [-0.2, 0) is 0 Å². The SMILES string of the molecule is CNC(=O)c1ccc(N)cc1N1CCCSCC1. The number of carbonyl (C=O) groups is 1. The number of rotatable bonds is 2. The van der Waals surface area contributed by atoms with E-state index in [9.17, 15) is 4.79 Å². The topological polar surface area (TPSA) is 58.4 Å². The Hall–Kier alpha value is -1.36. The normalized spacial score (nSPS) is 16.2. The maximum atomic E-state index is 11.9. The van der Waals surface area contributed by atoms with Crippen LogP contribution >= 0.6 is 11.8 Å². The van der Waals surface area contributed by atoms with Crippen LogP contribution in [0, 0.1) is 0 Å². The molecule has 1 aliphatic rings. The number of nitrogens with two attached hydrogens (primary N) is 1.